The van der Waals surface area contributed by atoms with Crippen molar-refractivity contribution in [3.63, 3.8) is 0 Å². The number of nitrogens with zero attached hydrogens (tertiary/aromatic N) is 1. The van der Waals surface area contributed by atoms with Gasteiger partial charge in [0, 0.05) is 29.4 Å². The van der Waals surface area contributed by atoms with Gasteiger partial charge >= 0.3 is 0 Å². The van der Waals surface area contributed by atoms with Crippen LogP contribution in [-0.4, -0.2) is 23.9 Å². The number of piperidine rings is 1. The molecule has 0 aromatic heterocycles. The smallest absolute Gasteiger partial charge is 0.253 e. The molecule has 4 nitrogen and oxygen atoms in total. The van der Waals surface area contributed by atoms with E-state index < -0.39 is 0 Å². The summed E-state index contributed by atoms with van der Waals surface area (Å²) in [5, 5.41) is 3.85. The molecular formula is C18H20ClN3O. The molecule has 1 amide bonds. The molecule has 0 spiro atoms. The largest absolute Gasteiger partial charge is 0.397 e. The van der Waals surface area contributed by atoms with Crippen molar-refractivity contribution in [2.75, 3.05) is 24.1 Å². The van der Waals surface area contributed by atoms with Crippen LogP contribution in [0.25, 0.3) is 0 Å². The van der Waals surface area contributed by atoms with Crippen LogP contribution >= 0.6 is 11.6 Å². The quantitative estimate of drug-likeness (QED) is 0.826. The first-order chi connectivity index (χ1) is 11.1. The summed E-state index contributed by atoms with van der Waals surface area (Å²) in [7, 11) is 0. The molecule has 1 fully saturated rings. The van der Waals surface area contributed by atoms with Crippen molar-refractivity contribution in [1.82, 2.24) is 4.90 Å². The SMILES string of the molecule is Nc1ccc(Cl)cc1Nc1ccc(C(=O)N2CCCCC2)cc1. The van der Waals surface area contributed by atoms with E-state index in [2.05, 4.69) is 5.32 Å². The van der Waals surface area contributed by atoms with E-state index >= 15 is 0 Å². The van der Waals surface area contributed by atoms with Gasteiger partial charge < -0.3 is 16.0 Å². The highest BCUT2D eigenvalue weighted by Gasteiger charge is 2.17. The monoisotopic (exact) mass is 329 g/mol. The molecule has 5 heteroatoms. The van der Waals surface area contributed by atoms with E-state index in [0.717, 1.165) is 42.9 Å². The Hall–Kier alpha value is -2.20. The highest BCUT2D eigenvalue weighted by atomic mass is 35.5. The highest BCUT2D eigenvalue weighted by molar-refractivity contribution is 6.31. The predicted octanol–water partition coefficient (Wildman–Crippen LogP) is 4.29. The zero-order valence-corrected chi connectivity index (χ0v) is 13.6. The Balaban J connectivity index is 1.71. The molecule has 1 aliphatic heterocycles. The van der Waals surface area contributed by atoms with E-state index in [-0.39, 0.29) is 5.91 Å². The summed E-state index contributed by atoms with van der Waals surface area (Å²) in [6, 6.07) is 12.8. The van der Waals surface area contributed by atoms with Gasteiger partial charge in [0.05, 0.1) is 11.4 Å². The van der Waals surface area contributed by atoms with Crippen molar-refractivity contribution in [2.45, 2.75) is 19.3 Å². The summed E-state index contributed by atoms with van der Waals surface area (Å²) in [6.45, 7) is 1.72. The first-order valence-electron chi connectivity index (χ1n) is 7.85. The predicted molar refractivity (Wildman–Crippen MR) is 95.3 cm³/mol. The van der Waals surface area contributed by atoms with Gasteiger partial charge in [0.1, 0.15) is 0 Å². The third-order valence-corrected chi connectivity index (χ3v) is 4.30. The van der Waals surface area contributed by atoms with Gasteiger partial charge in [-0.2, -0.15) is 0 Å². The Bertz CT molecular complexity index is 694. The molecule has 3 rings (SSSR count). The van der Waals surface area contributed by atoms with Gasteiger partial charge in [0.25, 0.3) is 5.91 Å². The van der Waals surface area contributed by atoms with Crippen LogP contribution in [0.4, 0.5) is 17.1 Å². The molecule has 120 valence electrons. The Morgan fingerprint density at radius 2 is 1.74 bits per heavy atom. The number of amides is 1. The number of nitrogens with two attached hydrogens (primary N) is 1. The minimum atomic E-state index is 0.110. The lowest BCUT2D eigenvalue weighted by molar-refractivity contribution is 0.0724. The zero-order chi connectivity index (χ0) is 16.2. The second kappa shape index (κ2) is 6.92. The number of carbonyl (C=O) groups is 1. The summed E-state index contributed by atoms with van der Waals surface area (Å²) in [4.78, 5) is 14.4. The van der Waals surface area contributed by atoms with Crippen LogP contribution in [0.15, 0.2) is 42.5 Å². The number of nitrogens with one attached hydrogen (secondary N) is 1. The van der Waals surface area contributed by atoms with Crippen molar-refractivity contribution in [1.29, 1.82) is 0 Å². The van der Waals surface area contributed by atoms with Crippen LogP contribution < -0.4 is 11.1 Å². The highest BCUT2D eigenvalue weighted by Crippen LogP contribution is 2.26. The average Bonchev–Trinajstić information content (AvgIpc) is 2.59. The van der Waals surface area contributed by atoms with Gasteiger partial charge in [0.15, 0.2) is 0 Å². The molecule has 0 bridgehead atoms. The van der Waals surface area contributed by atoms with E-state index in [1.165, 1.54) is 6.42 Å². The van der Waals surface area contributed by atoms with Crippen LogP contribution in [0, 0.1) is 0 Å². The van der Waals surface area contributed by atoms with E-state index in [9.17, 15) is 4.79 Å². The maximum absolute atomic E-state index is 12.4. The third kappa shape index (κ3) is 3.77. The lowest BCUT2D eigenvalue weighted by Crippen LogP contribution is -2.35. The summed E-state index contributed by atoms with van der Waals surface area (Å²) in [5.74, 6) is 0.110. The van der Waals surface area contributed by atoms with Gasteiger partial charge in [-0.3, -0.25) is 4.79 Å². The van der Waals surface area contributed by atoms with Gasteiger partial charge in [-0.1, -0.05) is 11.6 Å². The molecule has 1 heterocycles. The molecule has 0 atom stereocenters. The lowest BCUT2D eigenvalue weighted by Gasteiger charge is -2.26. The first-order valence-corrected chi connectivity index (χ1v) is 8.23. The Morgan fingerprint density at radius 1 is 1.04 bits per heavy atom. The fourth-order valence-corrected chi connectivity index (χ4v) is 2.94. The van der Waals surface area contributed by atoms with Gasteiger partial charge in [-0.15, -0.1) is 0 Å². The molecule has 23 heavy (non-hydrogen) atoms. The number of rotatable bonds is 3. The second-order valence-corrected chi connectivity index (χ2v) is 6.22. The van der Waals surface area contributed by atoms with Crippen molar-refractivity contribution in [3.05, 3.63) is 53.1 Å². The molecular weight excluding hydrogens is 310 g/mol. The molecule has 0 unspecified atom stereocenters. The fraction of sp³-hybridized carbons (Fsp3) is 0.278. The van der Waals surface area contributed by atoms with Gasteiger partial charge in [-0.25, -0.2) is 0 Å². The molecule has 0 aliphatic carbocycles. The van der Waals surface area contributed by atoms with Crippen molar-refractivity contribution in [2.24, 2.45) is 0 Å². The molecule has 1 aliphatic rings. The zero-order valence-electron chi connectivity index (χ0n) is 12.9. The number of anilines is 3. The van der Waals surface area contributed by atoms with E-state index in [1.807, 2.05) is 29.2 Å². The standard InChI is InChI=1S/C18H20ClN3O/c19-14-6-9-16(20)17(12-14)21-15-7-4-13(5-8-15)18(23)22-10-2-1-3-11-22/h4-9,12,21H,1-3,10-11,20H2. The summed E-state index contributed by atoms with van der Waals surface area (Å²) < 4.78 is 0. The Kier molecular flexibility index (Phi) is 4.72. The molecule has 1 saturated heterocycles. The number of hydrogen-bond donors (Lipinski definition) is 2. The van der Waals surface area contributed by atoms with Crippen molar-refractivity contribution >= 4 is 34.6 Å². The number of hydrogen-bond acceptors (Lipinski definition) is 3. The summed E-state index contributed by atoms with van der Waals surface area (Å²) in [5.41, 5.74) is 8.90. The Labute approximate surface area is 141 Å². The lowest BCUT2D eigenvalue weighted by atomic mass is 10.1. The minimum absolute atomic E-state index is 0.110. The van der Waals surface area contributed by atoms with Crippen LogP contribution in [0.5, 0.6) is 0 Å². The number of halogens is 1. The second-order valence-electron chi connectivity index (χ2n) is 5.79. The fourth-order valence-electron chi connectivity index (χ4n) is 2.77. The number of carbonyl (C=O) groups excluding carboxylic acids is 1. The Morgan fingerprint density at radius 3 is 2.43 bits per heavy atom. The molecule has 3 N–H and O–H groups in total. The maximum Gasteiger partial charge on any atom is 0.253 e. The molecule has 2 aromatic carbocycles. The van der Waals surface area contributed by atoms with E-state index in [1.54, 1.807) is 18.2 Å². The van der Waals surface area contributed by atoms with Gasteiger partial charge in [0.2, 0.25) is 0 Å². The summed E-state index contributed by atoms with van der Waals surface area (Å²) in [6.07, 6.45) is 3.41. The van der Waals surface area contributed by atoms with E-state index in [0.29, 0.717) is 10.7 Å². The van der Waals surface area contributed by atoms with Crippen molar-refractivity contribution in [3.8, 4) is 0 Å². The first kappa shape index (κ1) is 15.7. The third-order valence-electron chi connectivity index (χ3n) is 4.07. The molecule has 2 aromatic rings. The molecule has 0 radical (unpaired) electrons. The minimum Gasteiger partial charge on any atom is -0.397 e. The molecule has 0 saturated carbocycles. The van der Waals surface area contributed by atoms with Crippen molar-refractivity contribution < 1.29 is 4.79 Å². The van der Waals surface area contributed by atoms with Crippen LogP contribution in [0.1, 0.15) is 29.6 Å². The van der Waals surface area contributed by atoms with Crippen LogP contribution in [0.3, 0.4) is 0 Å². The van der Waals surface area contributed by atoms with E-state index in [4.69, 9.17) is 17.3 Å². The van der Waals surface area contributed by atoms with Gasteiger partial charge in [-0.05, 0) is 61.7 Å². The average molecular weight is 330 g/mol. The maximum atomic E-state index is 12.4. The summed E-state index contributed by atoms with van der Waals surface area (Å²) >= 11 is 5.99. The normalized spacial score (nSPS) is 14.6. The topological polar surface area (TPSA) is 58.4 Å². The number of nitrogen functional groups attached to an aromatic ring is 1. The number of likely N-dealkylation sites (tertiary alicyclic amines) is 1. The number of benzene rings is 2. The van der Waals surface area contributed by atoms with Crippen LogP contribution in [0.2, 0.25) is 5.02 Å². The van der Waals surface area contributed by atoms with Crippen LogP contribution in [-0.2, 0) is 0 Å².